The molecular weight excluding hydrogens is 249 g/mol. The van der Waals surface area contributed by atoms with Crippen molar-refractivity contribution < 1.29 is 19.1 Å². The fraction of sp³-hybridized carbons (Fsp3) is 0.429. The minimum absolute atomic E-state index is 0.0841. The number of carbonyl (C=O) groups is 2. The summed E-state index contributed by atoms with van der Waals surface area (Å²) in [4.78, 5) is 22.3. The molecule has 2 N–H and O–H groups in total. The molecule has 1 unspecified atom stereocenters. The number of aryl methyl sites for hydroxylation is 1. The largest absolute Gasteiger partial charge is 0.481 e. The molecule has 0 fully saturated rings. The maximum absolute atomic E-state index is 12.9. The number of carboxylic acid groups (broad SMARTS) is 1. The Bertz CT molecular complexity index is 474. The number of nitrogens with one attached hydrogen (secondary N) is 1. The third kappa shape index (κ3) is 5.07. The van der Waals surface area contributed by atoms with Gasteiger partial charge in [-0.3, -0.25) is 9.59 Å². The van der Waals surface area contributed by atoms with Crippen molar-refractivity contribution in [3.05, 3.63) is 35.1 Å². The first-order chi connectivity index (χ1) is 8.90. The highest BCUT2D eigenvalue weighted by molar-refractivity contribution is 5.95. The molecule has 0 aliphatic heterocycles. The van der Waals surface area contributed by atoms with Crippen molar-refractivity contribution in [2.75, 3.05) is 6.54 Å². The van der Waals surface area contributed by atoms with Crippen LogP contribution in [0.5, 0.6) is 0 Å². The van der Waals surface area contributed by atoms with Crippen LogP contribution in [0.2, 0.25) is 0 Å². The third-order valence-corrected chi connectivity index (χ3v) is 2.90. The Morgan fingerprint density at radius 1 is 1.42 bits per heavy atom. The van der Waals surface area contributed by atoms with Crippen molar-refractivity contribution in [2.24, 2.45) is 5.92 Å². The highest BCUT2D eigenvalue weighted by Gasteiger charge is 2.11. The van der Waals surface area contributed by atoms with Gasteiger partial charge in [0.1, 0.15) is 5.82 Å². The van der Waals surface area contributed by atoms with E-state index < -0.39 is 5.97 Å². The van der Waals surface area contributed by atoms with E-state index in [0.29, 0.717) is 24.1 Å². The molecule has 0 aliphatic rings. The third-order valence-electron chi connectivity index (χ3n) is 2.90. The summed E-state index contributed by atoms with van der Waals surface area (Å²) >= 11 is 0. The van der Waals surface area contributed by atoms with E-state index in [4.69, 9.17) is 5.11 Å². The van der Waals surface area contributed by atoms with Gasteiger partial charge < -0.3 is 10.4 Å². The van der Waals surface area contributed by atoms with E-state index in [9.17, 15) is 14.0 Å². The smallest absolute Gasteiger partial charge is 0.303 e. The molecule has 104 valence electrons. The fourth-order valence-corrected chi connectivity index (χ4v) is 1.72. The molecule has 0 saturated heterocycles. The summed E-state index contributed by atoms with van der Waals surface area (Å²) < 4.78 is 12.9. The number of hydrogen-bond acceptors (Lipinski definition) is 2. The zero-order chi connectivity index (χ0) is 14.4. The molecule has 5 heteroatoms. The topological polar surface area (TPSA) is 66.4 Å². The van der Waals surface area contributed by atoms with Crippen molar-refractivity contribution in [3.8, 4) is 0 Å². The molecule has 1 atom stereocenters. The van der Waals surface area contributed by atoms with Crippen LogP contribution in [0, 0.1) is 18.7 Å². The van der Waals surface area contributed by atoms with E-state index in [-0.39, 0.29) is 24.1 Å². The number of aliphatic carboxylic acids is 1. The van der Waals surface area contributed by atoms with Crippen molar-refractivity contribution >= 4 is 11.9 Å². The van der Waals surface area contributed by atoms with Crippen LogP contribution in [0.4, 0.5) is 4.39 Å². The lowest BCUT2D eigenvalue weighted by Crippen LogP contribution is -2.29. The van der Waals surface area contributed by atoms with Gasteiger partial charge in [0.05, 0.1) is 0 Å². The minimum atomic E-state index is -0.840. The zero-order valence-electron chi connectivity index (χ0n) is 11.1. The van der Waals surface area contributed by atoms with E-state index >= 15 is 0 Å². The normalized spacial score (nSPS) is 11.9. The molecule has 0 heterocycles. The summed E-state index contributed by atoms with van der Waals surface area (Å²) in [6.07, 6.45) is 0.602. The fourth-order valence-electron chi connectivity index (χ4n) is 1.72. The van der Waals surface area contributed by atoms with Gasteiger partial charge in [-0.2, -0.15) is 0 Å². The van der Waals surface area contributed by atoms with Gasteiger partial charge in [0, 0.05) is 18.5 Å². The van der Waals surface area contributed by atoms with Gasteiger partial charge in [-0.25, -0.2) is 4.39 Å². The van der Waals surface area contributed by atoms with Gasteiger partial charge in [-0.05, 0) is 43.0 Å². The molecule has 4 nitrogen and oxygen atoms in total. The van der Waals surface area contributed by atoms with E-state index in [2.05, 4.69) is 5.32 Å². The second-order valence-electron chi connectivity index (χ2n) is 4.71. The van der Waals surface area contributed by atoms with Gasteiger partial charge in [-0.15, -0.1) is 0 Å². The summed E-state index contributed by atoms with van der Waals surface area (Å²) in [6.45, 7) is 3.95. The molecule has 1 rings (SSSR count). The Labute approximate surface area is 111 Å². The summed E-state index contributed by atoms with van der Waals surface area (Å²) in [6, 6.07) is 4.00. The van der Waals surface area contributed by atoms with Crippen LogP contribution in [0.3, 0.4) is 0 Å². The zero-order valence-corrected chi connectivity index (χ0v) is 11.1. The Balaban J connectivity index is 2.49. The van der Waals surface area contributed by atoms with Crippen LogP contribution in [-0.2, 0) is 4.79 Å². The predicted octanol–water partition coefficient (Wildman–Crippen LogP) is 2.36. The number of hydrogen-bond donors (Lipinski definition) is 2. The lowest BCUT2D eigenvalue weighted by atomic mass is 10.0. The van der Waals surface area contributed by atoms with Crippen LogP contribution in [0.1, 0.15) is 35.7 Å². The van der Waals surface area contributed by atoms with E-state index in [0.717, 1.165) is 0 Å². The lowest BCUT2D eigenvalue weighted by molar-refractivity contribution is -0.137. The summed E-state index contributed by atoms with van der Waals surface area (Å²) in [5.41, 5.74) is 1.02. The molecule has 0 aliphatic carbocycles. The highest BCUT2D eigenvalue weighted by atomic mass is 19.1. The Kier molecular flexibility index (Phi) is 5.48. The number of halogens is 1. The SMILES string of the molecule is Cc1cc(F)ccc1C(=O)NCC(C)CCC(=O)O. The second kappa shape index (κ2) is 6.87. The Morgan fingerprint density at radius 3 is 2.68 bits per heavy atom. The van der Waals surface area contributed by atoms with Gasteiger partial charge in [0.25, 0.3) is 5.91 Å². The molecule has 0 aromatic heterocycles. The molecular formula is C14H18FNO3. The van der Waals surface area contributed by atoms with Crippen molar-refractivity contribution in [1.82, 2.24) is 5.32 Å². The van der Waals surface area contributed by atoms with E-state index in [1.165, 1.54) is 18.2 Å². The highest BCUT2D eigenvalue weighted by Crippen LogP contribution is 2.10. The van der Waals surface area contributed by atoms with Crippen LogP contribution in [0.15, 0.2) is 18.2 Å². The van der Waals surface area contributed by atoms with Crippen molar-refractivity contribution in [2.45, 2.75) is 26.7 Å². The molecule has 0 spiro atoms. The van der Waals surface area contributed by atoms with Gasteiger partial charge in [0.2, 0.25) is 0 Å². The van der Waals surface area contributed by atoms with E-state index in [1.807, 2.05) is 6.92 Å². The van der Waals surface area contributed by atoms with Crippen molar-refractivity contribution in [3.63, 3.8) is 0 Å². The number of amides is 1. The van der Waals surface area contributed by atoms with Crippen molar-refractivity contribution in [1.29, 1.82) is 0 Å². The summed E-state index contributed by atoms with van der Waals surface area (Å²) in [5.74, 6) is -1.39. The maximum Gasteiger partial charge on any atom is 0.303 e. The quantitative estimate of drug-likeness (QED) is 0.831. The maximum atomic E-state index is 12.9. The minimum Gasteiger partial charge on any atom is -0.481 e. The van der Waals surface area contributed by atoms with Crippen LogP contribution < -0.4 is 5.32 Å². The number of benzene rings is 1. The van der Waals surface area contributed by atoms with E-state index in [1.54, 1.807) is 6.92 Å². The first-order valence-electron chi connectivity index (χ1n) is 6.16. The Morgan fingerprint density at radius 2 is 2.11 bits per heavy atom. The molecule has 19 heavy (non-hydrogen) atoms. The summed E-state index contributed by atoms with van der Waals surface area (Å²) in [7, 11) is 0. The molecule has 1 amide bonds. The first-order valence-corrected chi connectivity index (χ1v) is 6.16. The second-order valence-corrected chi connectivity index (χ2v) is 4.71. The van der Waals surface area contributed by atoms with Crippen LogP contribution in [0.25, 0.3) is 0 Å². The van der Waals surface area contributed by atoms with Gasteiger partial charge in [0.15, 0.2) is 0 Å². The molecule has 1 aromatic rings. The summed E-state index contributed by atoms with van der Waals surface area (Å²) in [5, 5.41) is 11.3. The molecule has 0 saturated carbocycles. The van der Waals surface area contributed by atoms with Crippen LogP contribution >= 0.6 is 0 Å². The predicted molar refractivity (Wildman–Crippen MR) is 69.5 cm³/mol. The lowest BCUT2D eigenvalue weighted by Gasteiger charge is -2.12. The molecule has 0 bridgehead atoms. The average molecular weight is 267 g/mol. The van der Waals surface area contributed by atoms with Crippen LogP contribution in [-0.4, -0.2) is 23.5 Å². The number of rotatable bonds is 6. The van der Waals surface area contributed by atoms with Gasteiger partial charge in [-0.1, -0.05) is 6.92 Å². The first kappa shape index (κ1) is 15.1. The average Bonchev–Trinajstić information content (AvgIpc) is 2.33. The molecule has 0 radical (unpaired) electrons. The van der Waals surface area contributed by atoms with Gasteiger partial charge >= 0.3 is 5.97 Å². The standard InChI is InChI=1S/C14H18FNO3/c1-9(3-6-13(17)18)8-16-14(19)12-5-4-11(15)7-10(12)2/h4-5,7,9H,3,6,8H2,1-2H3,(H,16,19)(H,17,18). The number of carbonyl (C=O) groups excluding carboxylic acids is 1. The monoisotopic (exact) mass is 267 g/mol. The Hall–Kier alpha value is -1.91. The molecule has 1 aromatic carbocycles. The number of carboxylic acids is 1.